The molecule has 0 bridgehead atoms. The molecule has 4 aromatic rings. The molecular weight excluding hydrogens is 408 g/mol. The summed E-state index contributed by atoms with van der Waals surface area (Å²) in [5.41, 5.74) is 5.94. The maximum absolute atomic E-state index is 12.9. The van der Waals surface area contributed by atoms with Crippen molar-refractivity contribution < 1.29 is 14.5 Å². The highest BCUT2D eigenvalue weighted by molar-refractivity contribution is 6.12. The third-order valence-electron chi connectivity index (χ3n) is 5.42. The highest BCUT2D eigenvalue weighted by atomic mass is 16.6. The maximum Gasteiger partial charge on any atom is 0.310 e. The molecule has 3 aromatic carbocycles. The van der Waals surface area contributed by atoms with Gasteiger partial charge in [-0.05, 0) is 59.7 Å². The Balaban J connectivity index is 1.54. The predicted molar refractivity (Wildman–Crippen MR) is 123 cm³/mol. The van der Waals surface area contributed by atoms with Crippen molar-refractivity contribution in [2.24, 2.45) is 0 Å². The van der Waals surface area contributed by atoms with Gasteiger partial charge in [0.05, 0.1) is 34.7 Å². The number of H-pyrrole nitrogens is 1. The number of carbonyl (C=O) groups excluding carboxylic acids is 1. The van der Waals surface area contributed by atoms with Gasteiger partial charge in [0.2, 0.25) is 0 Å². The molecule has 158 valence electrons. The summed E-state index contributed by atoms with van der Waals surface area (Å²) in [6.45, 7) is 0. The van der Waals surface area contributed by atoms with Crippen molar-refractivity contribution in [3.8, 4) is 28.1 Å². The molecule has 3 N–H and O–H groups in total. The number of fused-ring (bicyclic) bond motifs is 2. The fraction of sp³-hybridized carbons (Fsp3) is 0.0417. The van der Waals surface area contributed by atoms with Crippen molar-refractivity contribution in [1.82, 2.24) is 4.98 Å². The van der Waals surface area contributed by atoms with Crippen LogP contribution in [0.25, 0.3) is 22.4 Å². The van der Waals surface area contributed by atoms with Crippen LogP contribution in [0.4, 0.5) is 22.7 Å². The molecule has 1 aliphatic heterocycles. The van der Waals surface area contributed by atoms with Crippen LogP contribution in [0.15, 0.2) is 72.9 Å². The molecule has 8 heteroatoms. The van der Waals surface area contributed by atoms with Gasteiger partial charge in [-0.1, -0.05) is 12.1 Å². The smallest absolute Gasteiger partial charge is 0.310 e. The molecule has 0 fully saturated rings. The zero-order valence-electron chi connectivity index (χ0n) is 17.0. The van der Waals surface area contributed by atoms with Crippen LogP contribution in [0.1, 0.15) is 10.4 Å². The summed E-state index contributed by atoms with van der Waals surface area (Å²) >= 11 is 0. The van der Waals surface area contributed by atoms with Gasteiger partial charge < -0.3 is 20.4 Å². The second-order valence-electron chi connectivity index (χ2n) is 7.33. The normalized spacial score (nSPS) is 12.1. The molecule has 32 heavy (non-hydrogen) atoms. The number of nitro groups is 1. The molecule has 8 nitrogen and oxygen atoms in total. The second kappa shape index (κ2) is 7.59. The van der Waals surface area contributed by atoms with E-state index >= 15 is 0 Å². The minimum absolute atomic E-state index is 0.102. The van der Waals surface area contributed by atoms with Crippen LogP contribution in [0.5, 0.6) is 5.75 Å². The van der Waals surface area contributed by atoms with E-state index in [2.05, 4.69) is 15.6 Å². The van der Waals surface area contributed by atoms with E-state index in [0.29, 0.717) is 16.9 Å². The van der Waals surface area contributed by atoms with Gasteiger partial charge in [-0.25, -0.2) is 0 Å². The van der Waals surface area contributed by atoms with E-state index in [1.54, 1.807) is 24.3 Å². The number of amides is 1. The number of hydrogen-bond donors (Lipinski definition) is 3. The van der Waals surface area contributed by atoms with Crippen molar-refractivity contribution >= 4 is 28.7 Å². The predicted octanol–water partition coefficient (Wildman–Crippen LogP) is 5.57. The van der Waals surface area contributed by atoms with Crippen molar-refractivity contribution in [2.45, 2.75) is 0 Å². The molecule has 0 unspecified atom stereocenters. The summed E-state index contributed by atoms with van der Waals surface area (Å²) in [6.07, 6.45) is 1.85. The van der Waals surface area contributed by atoms with Crippen LogP contribution < -0.4 is 15.4 Å². The van der Waals surface area contributed by atoms with Crippen molar-refractivity contribution in [2.75, 3.05) is 17.7 Å². The van der Waals surface area contributed by atoms with Gasteiger partial charge >= 0.3 is 5.69 Å². The van der Waals surface area contributed by atoms with Crippen LogP contribution in [0.2, 0.25) is 0 Å². The molecule has 1 amide bonds. The molecule has 0 atom stereocenters. The Morgan fingerprint density at radius 3 is 2.34 bits per heavy atom. The molecule has 0 saturated heterocycles. The zero-order chi connectivity index (χ0) is 22.2. The standard InChI is InChI=1S/C24H18N4O4/c1-32-23-13-15(6-9-22(23)28(30)31)14-4-7-17-20(11-14)26-19-8-5-16(18-3-2-10-25-18)12-21(19)27-24(17)29/h2-13,25-26H,1H3,(H,27,29). The summed E-state index contributed by atoms with van der Waals surface area (Å²) in [5, 5.41) is 17.5. The lowest BCUT2D eigenvalue weighted by molar-refractivity contribution is -0.385. The third-order valence-corrected chi connectivity index (χ3v) is 5.42. The molecule has 0 spiro atoms. The number of nitro benzene ring substituents is 1. The maximum atomic E-state index is 12.9. The van der Waals surface area contributed by atoms with Gasteiger partial charge in [0, 0.05) is 23.5 Å². The molecule has 0 radical (unpaired) electrons. The monoisotopic (exact) mass is 426 g/mol. The van der Waals surface area contributed by atoms with Gasteiger partial charge in [-0.15, -0.1) is 0 Å². The zero-order valence-corrected chi connectivity index (χ0v) is 17.0. The number of nitrogens with one attached hydrogen (secondary N) is 3. The molecule has 1 aliphatic rings. The summed E-state index contributed by atoms with van der Waals surface area (Å²) in [5.74, 6) is -0.0435. The number of benzene rings is 3. The van der Waals surface area contributed by atoms with E-state index in [0.717, 1.165) is 28.1 Å². The van der Waals surface area contributed by atoms with Crippen molar-refractivity contribution in [1.29, 1.82) is 0 Å². The van der Waals surface area contributed by atoms with Crippen LogP contribution in [0.3, 0.4) is 0 Å². The summed E-state index contributed by atoms with van der Waals surface area (Å²) in [4.78, 5) is 26.7. The van der Waals surface area contributed by atoms with Crippen LogP contribution in [-0.2, 0) is 0 Å². The Bertz CT molecular complexity index is 1360. The number of hydrogen-bond acceptors (Lipinski definition) is 5. The quantitative estimate of drug-likeness (QED) is 0.292. The Morgan fingerprint density at radius 1 is 0.844 bits per heavy atom. The first-order valence-electron chi connectivity index (χ1n) is 9.86. The van der Waals surface area contributed by atoms with Crippen molar-refractivity contribution in [3.05, 3.63) is 88.6 Å². The first-order chi connectivity index (χ1) is 15.5. The fourth-order valence-corrected chi connectivity index (χ4v) is 3.80. The fourth-order valence-electron chi connectivity index (χ4n) is 3.80. The summed E-state index contributed by atoms with van der Waals surface area (Å²) < 4.78 is 5.18. The number of nitrogens with zero attached hydrogens (tertiary/aromatic N) is 1. The lowest BCUT2D eigenvalue weighted by Gasteiger charge is -2.12. The largest absolute Gasteiger partial charge is 0.490 e. The molecule has 0 saturated carbocycles. The minimum atomic E-state index is -0.482. The third kappa shape index (κ3) is 3.33. The number of ether oxygens (including phenoxy) is 1. The summed E-state index contributed by atoms with van der Waals surface area (Å²) in [7, 11) is 1.40. The molecule has 2 heterocycles. The number of carbonyl (C=O) groups is 1. The van der Waals surface area contributed by atoms with Gasteiger partial charge in [-0.3, -0.25) is 14.9 Å². The van der Waals surface area contributed by atoms with Crippen LogP contribution in [-0.4, -0.2) is 22.9 Å². The van der Waals surface area contributed by atoms with E-state index in [-0.39, 0.29) is 17.3 Å². The number of aromatic nitrogens is 1. The topological polar surface area (TPSA) is 109 Å². The molecule has 1 aromatic heterocycles. The Morgan fingerprint density at radius 2 is 1.59 bits per heavy atom. The molecule has 5 rings (SSSR count). The number of anilines is 3. The lowest BCUT2D eigenvalue weighted by Crippen LogP contribution is -2.10. The average Bonchev–Trinajstić information content (AvgIpc) is 3.30. The first kappa shape index (κ1) is 19.4. The van der Waals surface area contributed by atoms with E-state index in [1.165, 1.54) is 13.2 Å². The van der Waals surface area contributed by atoms with Crippen LogP contribution in [0, 0.1) is 10.1 Å². The summed E-state index contributed by atoms with van der Waals surface area (Å²) in [6, 6.07) is 19.8. The van der Waals surface area contributed by atoms with Gasteiger partial charge in [-0.2, -0.15) is 0 Å². The minimum Gasteiger partial charge on any atom is -0.490 e. The van der Waals surface area contributed by atoms with Gasteiger partial charge in [0.1, 0.15) is 0 Å². The van der Waals surface area contributed by atoms with Crippen molar-refractivity contribution in [3.63, 3.8) is 0 Å². The molecule has 0 aliphatic carbocycles. The first-order valence-corrected chi connectivity index (χ1v) is 9.86. The average molecular weight is 426 g/mol. The lowest BCUT2D eigenvalue weighted by atomic mass is 10.0. The Hall–Kier alpha value is -4.59. The van der Waals surface area contributed by atoms with Gasteiger partial charge in [0.25, 0.3) is 5.91 Å². The Labute approximate surface area is 183 Å². The number of rotatable bonds is 4. The van der Waals surface area contributed by atoms with E-state index in [1.807, 2.05) is 42.6 Å². The number of aromatic amines is 1. The second-order valence-corrected chi connectivity index (χ2v) is 7.33. The number of methoxy groups -OCH3 is 1. The van der Waals surface area contributed by atoms with Crippen LogP contribution >= 0.6 is 0 Å². The van der Waals surface area contributed by atoms with E-state index in [4.69, 9.17) is 4.74 Å². The van der Waals surface area contributed by atoms with Gasteiger partial charge in [0.15, 0.2) is 5.75 Å². The highest BCUT2D eigenvalue weighted by Crippen LogP contribution is 2.38. The SMILES string of the molecule is COc1cc(-c2ccc3c(c2)Nc2ccc(-c4ccc[nH]4)cc2NC3=O)ccc1[N+](=O)[O-]. The molecular formula is C24H18N4O4. The van der Waals surface area contributed by atoms with E-state index in [9.17, 15) is 14.9 Å². The highest BCUT2D eigenvalue weighted by Gasteiger charge is 2.21. The Kier molecular flexibility index (Phi) is 4.59. The van der Waals surface area contributed by atoms with E-state index < -0.39 is 4.92 Å².